The van der Waals surface area contributed by atoms with Crippen LogP contribution in [0.3, 0.4) is 0 Å². The number of hydrogen-bond donors (Lipinski definition) is 3. The zero-order valence-corrected chi connectivity index (χ0v) is 9.15. The van der Waals surface area contributed by atoms with E-state index in [-0.39, 0.29) is 6.54 Å². The highest BCUT2D eigenvalue weighted by Crippen LogP contribution is 2.24. The Morgan fingerprint density at radius 1 is 1.14 bits per heavy atom. The molecule has 0 bridgehead atoms. The second-order valence-electron chi connectivity index (χ2n) is 4.14. The fraction of sp³-hybridized carbons (Fsp3) is 1.00. The van der Waals surface area contributed by atoms with Gasteiger partial charge in [-0.3, -0.25) is 0 Å². The summed E-state index contributed by atoms with van der Waals surface area (Å²) in [5.74, 6) is 0. The Morgan fingerprint density at radius 3 is 2.07 bits per heavy atom. The molecule has 14 heavy (non-hydrogen) atoms. The molecular formula is C8H19N3O2S. The summed E-state index contributed by atoms with van der Waals surface area (Å²) < 4.78 is 23.7. The van der Waals surface area contributed by atoms with Gasteiger partial charge in [0.15, 0.2) is 0 Å². The molecule has 1 saturated carbocycles. The van der Waals surface area contributed by atoms with Gasteiger partial charge in [0, 0.05) is 12.1 Å². The van der Waals surface area contributed by atoms with Crippen molar-refractivity contribution in [1.29, 1.82) is 0 Å². The van der Waals surface area contributed by atoms with Crippen molar-refractivity contribution >= 4 is 10.2 Å². The Kier molecular flexibility index (Phi) is 3.88. The standard InChI is InChI=1S/C8H19N3O2S/c9-8(7-11-14(10,12)13)5-3-1-2-4-6-8/h11H,1-7,9H2,(H2,10,12,13). The molecule has 0 spiro atoms. The van der Waals surface area contributed by atoms with Crippen molar-refractivity contribution in [2.45, 2.75) is 44.1 Å². The zero-order valence-electron chi connectivity index (χ0n) is 8.33. The third-order valence-corrected chi connectivity index (χ3v) is 3.27. The first-order valence-corrected chi connectivity index (χ1v) is 6.52. The molecule has 1 aliphatic carbocycles. The van der Waals surface area contributed by atoms with Crippen molar-refractivity contribution in [2.24, 2.45) is 10.9 Å². The van der Waals surface area contributed by atoms with Crippen LogP contribution in [-0.2, 0) is 10.2 Å². The van der Waals surface area contributed by atoms with Crippen molar-refractivity contribution in [3.05, 3.63) is 0 Å². The Labute approximate surface area is 85.4 Å². The highest BCUT2D eigenvalue weighted by atomic mass is 32.2. The topological polar surface area (TPSA) is 98.2 Å². The quantitative estimate of drug-likeness (QED) is 0.577. The van der Waals surface area contributed by atoms with Gasteiger partial charge in [0.25, 0.3) is 10.2 Å². The van der Waals surface area contributed by atoms with Gasteiger partial charge in [-0.2, -0.15) is 8.42 Å². The Hall–Kier alpha value is -0.170. The Morgan fingerprint density at radius 2 is 1.64 bits per heavy atom. The molecule has 0 aromatic carbocycles. The van der Waals surface area contributed by atoms with Gasteiger partial charge in [-0.15, -0.1) is 0 Å². The van der Waals surface area contributed by atoms with Crippen LogP contribution < -0.4 is 15.6 Å². The lowest BCUT2D eigenvalue weighted by Gasteiger charge is -2.27. The van der Waals surface area contributed by atoms with Crippen molar-refractivity contribution in [2.75, 3.05) is 6.54 Å². The summed E-state index contributed by atoms with van der Waals surface area (Å²) in [5, 5.41) is 4.86. The molecule has 6 heteroatoms. The van der Waals surface area contributed by atoms with Gasteiger partial charge in [0.2, 0.25) is 0 Å². The molecule has 1 fully saturated rings. The van der Waals surface area contributed by atoms with Crippen molar-refractivity contribution < 1.29 is 8.42 Å². The van der Waals surface area contributed by atoms with Gasteiger partial charge in [0.1, 0.15) is 0 Å². The van der Waals surface area contributed by atoms with Crippen LogP contribution in [0, 0.1) is 0 Å². The second-order valence-corrected chi connectivity index (χ2v) is 5.52. The Bertz CT molecular complexity index is 268. The maximum Gasteiger partial charge on any atom is 0.274 e. The molecule has 1 aliphatic rings. The average Bonchev–Trinajstić information content (AvgIpc) is 2.27. The highest BCUT2D eigenvalue weighted by molar-refractivity contribution is 7.87. The highest BCUT2D eigenvalue weighted by Gasteiger charge is 2.26. The summed E-state index contributed by atoms with van der Waals surface area (Å²) in [4.78, 5) is 0. The number of rotatable bonds is 3. The van der Waals surface area contributed by atoms with E-state index >= 15 is 0 Å². The van der Waals surface area contributed by atoms with E-state index in [0.29, 0.717) is 0 Å². The predicted octanol–water partition coefficient (Wildman–Crippen LogP) is -0.169. The van der Waals surface area contributed by atoms with E-state index < -0.39 is 15.7 Å². The second kappa shape index (κ2) is 4.57. The summed E-state index contributed by atoms with van der Waals surface area (Å²) in [5.41, 5.74) is 5.68. The number of nitrogens with one attached hydrogen (secondary N) is 1. The molecule has 0 aromatic heterocycles. The lowest BCUT2D eigenvalue weighted by atomic mass is 9.92. The predicted molar refractivity (Wildman–Crippen MR) is 55.7 cm³/mol. The van der Waals surface area contributed by atoms with Gasteiger partial charge in [0.05, 0.1) is 0 Å². The third-order valence-electron chi connectivity index (χ3n) is 2.72. The van der Waals surface area contributed by atoms with Crippen LogP contribution in [0.4, 0.5) is 0 Å². The summed E-state index contributed by atoms with van der Waals surface area (Å²) in [6, 6.07) is 0. The van der Waals surface area contributed by atoms with E-state index in [1.54, 1.807) is 0 Å². The first kappa shape index (κ1) is 11.9. The van der Waals surface area contributed by atoms with E-state index in [1.165, 1.54) is 12.8 Å². The van der Waals surface area contributed by atoms with E-state index in [0.717, 1.165) is 25.7 Å². The smallest absolute Gasteiger partial charge is 0.274 e. The summed E-state index contributed by atoms with van der Waals surface area (Å²) in [6.07, 6.45) is 6.26. The number of hydrogen-bond acceptors (Lipinski definition) is 3. The van der Waals surface area contributed by atoms with E-state index in [2.05, 4.69) is 4.72 Å². The minimum atomic E-state index is -3.60. The molecule has 0 saturated heterocycles. The summed E-state index contributed by atoms with van der Waals surface area (Å²) in [7, 11) is -3.60. The SMILES string of the molecule is NC1(CNS(N)(=O)=O)CCCCCC1. The molecule has 5 N–H and O–H groups in total. The first-order chi connectivity index (χ1) is 6.41. The third kappa shape index (κ3) is 4.36. The normalized spacial score (nSPS) is 23.0. The van der Waals surface area contributed by atoms with Crippen molar-refractivity contribution in [1.82, 2.24) is 4.72 Å². The molecule has 0 aromatic rings. The van der Waals surface area contributed by atoms with Crippen molar-refractivity contribution in [3.63, 3.8) is 0 Å². The molecule has 0 radical (unpaired) electrons. The van der Waals surface area contributed by atoms with E-state index in [9.17, 15) is 8.42 Å². The van der Waals surface area contributed by atoms with Gasteiger partial charge in [-0.25, -0.2) is 9.86 Å². The van der Waals surface area contributed by atoms with E-state index in [4.69, 9.17) is 10.9 Å². The van der Waals surface area contributed by atoms with Crippen molar-refractivity contribution in [3.8, 4) is 0 Å². The van der Waals surface area contributed by atoms with Crippen LogP contribution in [0.5, 0.6) is 0 Å². The van der Waals surface area contributed by atoms with Crippen LogP contribution >= 0.6 is 0 Å². The molecule has 0 amide bonds. The van der Waals surface area contributed by atoms with Gasteiger partial charge >= 0.3 is 0 Å². The summed E-state index contributed by atoms with van der Waals surface area (Å²) >= 11 is 0. The average molecular weight is 221 g/mol. The van der Waals surface area contributed by atoms with Gasteiger partial charge in [-0.05, 0) is 12.8 Å². The lowest BCUT2D eigenvalue weighted by molar-refractivity contribution is 0.369. The molecule has 1 rings (SSSR count). The van der Waals surface area contributed by atoms with Crippen LogP contribution in [0.2, 0.25) is 0 Å². The largest absolute Gasteiger partial charge is 0.324 e. The summed E-state index contributed by atoms with van der Waals surface area (Å²) in [6.45, 7) is 0.256. The minimum absolute atomic E-state index is 0.256. The monoisotopic (exact) mass is 221 g/mol. The zero-order chi connectivity index (χ0) is 10.7. The molecule has 5 nitrogen and oxygen atoms in total. The maximum atomic E-state index is 10.7. The molecule has 0 atom stereocenters. The first-order valence-electron chi connectivity index (χ1n) is 4.98. The van der Waals surface area contributed by atoms with Crippen LogP contribution in [0.25, 0.3) is 0 Å². The van der Waals surface area contributed by atoms with Crippen LogP contribution in [0.1, 0.15) is 38.5 Å². The fourth-order valence-corrected chi connectivity index (χ4v) is 2.34. The van der Waals surface area contributed by atoms with Gasteiger partial charge in [-0.1, -0.05) is 25.7 Å². The minimum Gasteiger partial charge on any atom is -0.324 e. The maximum absolute atomic E-state index is 10.7. The lowest BCUT2D eigenvalue weighted by Crippen LogP contribution is -2.51. The molecule has 0 unspecified atom stereocenters. The molecule has 0 aliphatic heterocycles. The Balaban J connectivity index is 2.47. The van der Waals surface area contributed by atoms with Crippen LogP contribution in [0.15, 0.2) is 0 Å². The van der Waals surface area contributed by atoms with Gasteiger partial charge < -0.3 is 5.73 Å². The molecular weight excluding hydrogens is 202 g/mol. The molecule has 0 heterocycles. The molecule has 84 valence electrons. The van der Waals surface area contributed by atoms with E-state index in [1.807, 2.05) is 0 Å². The number of nitrogens with two attached hydrogens (primary N) is 2. The van der Waals surface area contributed by atoms with Crippen LogP contribution in [-0.4, -0.2) is 20.5 Å². The fourth-order valence-electron chi connectivity index (χ4n) is 1.85.